The summed E-state index contributed by atoms with van der Waals surface area (Å²) in [6, 6.07) is 5.42. The maximum atomic E-state index is 6.15. The van der Waals surface area contributed by atoms with Crippen molar-refractivity contribution in [2.75, 3.05) is 17.7 Å². The molecule has 0 amide bonds. The van der Waals surface area contributed by atoms with Crippen molar-refractivity contribution in [3.8, 4) is 0 Å². The number of aryl methyl sites for hydroxylation is 2. The van der Waals surface area contributed by atoms with E-state index in [2.05, 4.69) is 15.2 Å². The zero-order valence-electron chi connectivity index (χ0n) is 11.2. The van der Waals surface area contributed by atoms with Gasteiger partial charge in [-0.15, -0.1) is 5.10 Å². The van der Waals surface area contributed by atoms with Crippen LogP contribution in [-0.2, 0) is 6.54 Å². The summed E-state index contributed by atoms with van der Waals surface area (Å²) in [6.07, 6.45) is 0. The second-order valence-electron chi connectivity index (χ2n) is 4.49. The average molecular weight is 278 g/mol. The van der Waals surface area contributed by atoms with Gasteiger partial charge in [-0.1, -0.05) is 11.6 Å². The fraction of sp³-hybridized carbons (Fsp3) is 0.308. The number of rotatable bonds is 3. The molecule has 0 radical (unpaired) electrons. The van der Waals surface area contributed by atoms with E-state index in [0.717, 1.165) is 17.0 Å². The first-order chi connectivity index (χ1) is 8.97. The number of hydrogen-bond acceptors (Lipinski definition) is 5. The first-order valence-electron chi connectivity index (χ1n) is 5.90. The van der Waals surface area contributed by atoms with Crippen LogP contribution in [0, 0.1) is 13.8 Å². The fourth-order valence-corrected chi connectivity index (χ4v) is 1.83. The molecule has 100 valence electrons. The predicted octanol–water partition coefficient (Wildman–Crippen LogP) is 2.36. The predicted molar refractivity (Wildman–Crippen MR) is 77.3 cm³/mol. The maximum absolute atomic E-state index is 6.15. The van der Waals surface area contributed by atoms with Gasteiger partial charge in [0.15, 0.2) is 0 Å². The summed E-state index contributed by atoms with van der Waals surface area (Å²) in [4.78, 5) is 6.29. The van der Waals surface area contributed by atoms with Gasteiger partial charge >= 0.3 is 0 Å². The van der Waals surface area contributed by atoms with E-state index in [1.807, 2.05) is 31.9 Å². The van der Waals surface area contributed by atoms with E-state index < -0.39 is 0 Å². The van der Waals surface area contributed by atoms with Crippen LogP contribution in [0.5, 0.6) is 0 Å². The monoisotopic (exact) mass is 277 g/mol. The zero-order valence-corrected chi connectivity index (χ0v) is 11.9. The van der Waals surface area contributed by atoms with Gasteiger partial charge in [0, 0.05) is 24.3 Å². The van der Waals surface area contributed by atoms with E-state index in [0.29, 0.717) is 23.2 Å². The minimum absolute atomic E-state index is 0.571. The number of aromatic nitrogens is 3. The van der Waals surface area contributed by atoms with Gasteiger partial charge in [0.1, 0.15) is 0 Å². The molecule has 2 N–H and O–H groups in total. The molecule has 2 aromatic rings. The number of nitrogens with zero attached hydrogens (tertiary/aromatic N) is 4. The smallest absolute Gasteiger partial charge is 0.245 e. The second-order valence-corrected chi connectivity index (χ2v) is 4.90. The van der Waals surface area contributed by atoms with Crippen molar-refractivity contribution >= 4 is 23.2 Å². The van der Waals surface area contributed by atoms with Gasteiger partial charge in [-0.2, -0.15) is 5.10 Å². The molecule has 2 rings (SSSR count). The number of hydrogen-bond donors (Lipinski definition) is 1. The highest BCUT2D eigenvalue weighted by atomic mass is 35.5. The summed E-state index contributed by atoms with van der Waals surface area (Å²) < 4.78 is 0. The molecule has 0 aliphatic heterocycles. The highest BCUT2D eigenvalue weighted by Crippen LogP contribution is 2.21. The summed E-state index contributed by atoms with van der Waals surface area (Å²) in [5.41, 5.74) is 9.09. The molecule has 0 aliphatic rings. The second kappa shape index (κ2) is 5.40. The van der Waals surface area contributed by atoms with Crippen LogP contribution in [0.1, 0.15) is 17.0 Å². The molecule has 0 fully saturated rings. The van der Waals surface area contributed by atoms with Crippen molar-refractivity contribution in [2.45, 2.75) is 20.4 Å². The Hall–Kier alpha value is -1.88. The maximum Gasteiger partial charge on any atom is 0.245 e. The SMILES string of the molecule is Cc1nnc(N(C)Cc2cc(N)ccc2Cl)nc1C. The molecule has 0 bridgehead atoms. The molecule has 0 atom stereocenters. The third-order valence-electron chi connectivity index (χ3n) is 2.90. The minimum atomic E-state index is 0.571. The highest BCUT2D eigenvalue weighted by Gasteiger charge is 2.10. The molecule has 1 heterocycles. The number of anilines is 2. The largest absolute Gasteiger partial charge is 0.399 e. The Morgan fingerprint density at radius 1 is 1.21 bits per heavy atom. The van der Waals surface area contributed by atoms with Gasteiger partial charge in [0.05, 0.1) is 11.4 Å². The Balaban J connectivity index is 2.22. The molecule has 0 saturated carbocycles. The third-order valence-corrected chi connectivity index (χ3v) is 3.27. The summed E-state index contributed by atoms with van der Waals surface area (Å²) in [6.45, 7) is 4.37. The molecule has 6 heteroatoms. The van der Waals surface area contributed by atoms with Gasteiger partial charge in [-0.05, 0) is 37.6 Å². The summed E-state index contributed by atoms with van der Waals surface area (Å²) in [7, 11) is 1.89. The summed E-state index contributed by atoms with van der Waals surface area (Å²) in [5, 5.41) is 8.83. The Morgan fingerprint density at radius 3 is 2.63 bits per heavy atom. The first-order valence-corrected chi connectivity index (χ1v) is 6.28. The molecule has 19 heavy (non-hydrogen) atoms. The molecule has 0 aliphatic carbocycles. The summed E-state index contributed by atoms with van der Waals surface area (Å²) >= 11 is 6.15. The molecule has 1 aromatic carbocycles. The van der Waals surface area contributed by atoms with Gasteiger partial charge in [0.2, 0.25) is 5.95 Å². The number of nitrogen functional groups attached to an aromatic ring is 1. The standard InChI is InChI=1S/C13H16ClN5/c1-8-9(2)17-18-13(16-8)19(3)7-10-6-11(15)4-5-12(10)14/h4-6H,7,15H2,1-3H3. The van der Waals surface area contributed by atoms with Crippen LogP contribution in [-0.4, -0.2) is 22.2 Å². The van der Waals surface area contributed by atoms with Crippen LogP contribution in [0.15, 0.2) is 18.2 Å². The molecule has 5 nitrogen and oxygen atoms in total. The molecule has 0 saturated heterocycles. The number of benzene rings is 1. The zero-order chi connectivity index (χ0) is 14.0. The fourth-order valence-electron chi connectivity index (χ4n) is 1.65. The van der Waals surface area contributed by atoms with Crippen molar-refractivity contribution in [3.63, 3.8) is 0 Å². The van der Waals surface area contributed by atoms with Crippen molar-refractivity contribution in [1.82, 2.24) is 15.2 Å². The van der Waals surface area contributed by atoms with Crippen LogP contribution in [0.4, 0.5) is 11.6 Å². The minimum Gasteiger partial charge on any atom is -0.399 e. The van der Waals surface area contributed by atoms with Crippen LogP contribution >= 0.6 is 11.6 Å². The molecular weight excluding hydrogens is 262 g/mol. The Kier molecular flexibility index (Phi) is 3.85. The third kappa shape index (κ3) is 3.12. The van der Waals surface area contributed by atoms with Crippen molar-refractivity contribution in [1.29, 1.82) is 0 Å². The van der Waals surface area contributed by atoms with Gasteiger partial charge in [-0.3, -0.25) is 0 Å². The van der Waals surface area contributed by atoms with Gasteiger partial charge < -0.3 is 10.6 Å². The molecule has 0 spiro atoms. The highest BCUT2D eigenvalue weighted by molar-refractivity contribution is 6.31. The first kappa shape index (κ1) is 13.5. The Morgan fingerprint density at radius 2 is 1.95 bits per heavy atom. The Labute approximate surface area is 117 Å². The molecule has 0 unspecified atom stereocenters. The summed E-state index contributed by atoms with van der Waals surface area (Å²) in [5.74, 6) is 0.571. The lowest BCUT2D eigenvalue weighted by Crippen LogP contribution is -2.20. The number of halogens is 1. The normalized spacial score (nSPS) is 10.5. The van der Waals surface area contributed by atoms with E-state index in [4.69, 9.17) is 17.3 Å². The van der Waals surface area contributed by atoms with Gasteiger partial charge in [-0.25, -0.2) is 4.98 Å². The lowest BCUT2D eigenvalue weighted by atomic mass is 10.2. The lowest BCUT2D eigenvalue weighted by Gasteiger charge is -2.18. The van der Waals surface area contributed by atoms with Crippen LogP contribution < -0.4 is 10.6 Å². The van der Waals surface area contributed by atoms with Crippen molar-refractivity contribution < 1.29 is 0 Å². The van der Waals surface area contributed by atoms with E-state index in [-0.39, 0.29) is 0 Å². The quantitative estimate of drug-likeness (QED) is 0.873. The van der Waals surface area contributed by atoms with Crippen molar-refractivity contribution in [3.05, 3.63) is 40.2 Å². The Bertz CT molecular complexity index is 600. The van der Waals surface area contributed by atoms with Crippen LogP contribution in [0.25, 0.3) is 0 Å². The van der Waals surface area contributed by atoms with Crippen LogP contribution in [0.3, 0.4) is 0 Å². The molecule has 1 aromatic heterocycles. The van der Waals surface area contributed by atoms with Gasteiger partial charge in [0.25, 0.3) is 0 Å². The van der Waals surface area contributed by atoms with E-state index in [1.54, 1.807) is 12.1 Å². The molecular formula is C13H16ClN5. The average Bonchev–Trinajstić information content (AvgIpc) is 2.37. The van der Waals surface area contributed by atoms with Crippen LogP contribution in [0.2, 0.25) is 5.02 Å². The number of nitrogens with two attached hydrogens (primary N) is 1. The van der Waals surface area contributed by atoms with E-state index in [1.165, 1.54) is 0 Å². The topological polar surface area (TPSA) is 67.9 Å². The lowest BCUT2D eigenvalue weighted by molar-refractivity contribution is 0.804. The van der Waals surface area contributed by atoms with E-state index in [9.17, 15) is 0 Å². The van der Waals surface area contributed by atoms with Crippen molar-refractivity contribution in [2.24, 2.45) is 0 Å². The van der Waals surface area contributed by atoms with E-state index >= 15 is 0 Å².